The lowest BCUT2D eigenvalue weighted by atomic mass is 9.96. The summed E-state index contributed by atoms with van der Waals surface area (Å²) in [6, 6.07) is 7.71. The predicted molar refractivity (Wildman–Crippen MR) is 85.3 cm³/mol. The van der Waals surface area contributed by atoms with E-state index in [2.05, 4.69) is 30.0 Å². The topological polar surface area (TPSA) is 50.5 Å². The molecule has 1 aliphatic rings. The number of nitriles is 1. The molecule has 1 saturated heterocycles. The third-order valence-electron chi connectivity index (χ3n) is 4.39. The zero-order valence-corrected chi connectivity index (χ0v) is 13.2. The minimum atomic E-state index is -0.521. The molecule has 1 N–H and O–H groups in total. The number of anilines is 1. The molecule has 0 spiro atoms. The van der Waals surface area contributed by atoms with E-state index in [1.165, 1.54) is 12.8 Å². The summed E-state index contributed by atoms with van der Waals surface area (Å²) in [6.07, 6.45) is 1.90. The van der Waals surface area contributed by atoms with Crippen LogP contribution in [-0.2, 0) is 0 Å². The van der Waals surface area contributed by atoms with E-state index in [1.807, 2.05) is 12.1 Å². The number of nitrogens with zero attached hydrogens (tertiary/aromatic N) is 3. The van der Waals surface area contributed by atoms with Crippen LogP contribution in [0.5, 0.6) is 0 Å². The summed E-state index contributed by atoms with van der Waals surface area (Å²) < 4.78 is 0. The van der Waals surface area contributed by atoms with Gasteiger partial charge < -0.3 is 14.9 Å². The van der Waals surface area contributed by atoms with E-state index in [9.17, 15) is 5.11 Å². The van der Waals surface area contributed by atoms with E-state index in [0.717, 1.165) is 30.9 Å². The van der Waals surface area contributed by atoms with Crippen molar-refractivity contribution in [2.75, 3.05) is 38.6 Å². The Labute approximate surface area is 127 Å². The van der Waals surface area contributed by atoms with Crippen LogP contribution in [0, 0.1) is 17.2 Å². The van der Waals surface area contributed by atoms with Crippen LogP contribution in [0.4, 0.5) is 5.69 Å². The van der Waals surface area contributed by atoms with Crippen LogP contribution in [-0.4, -0.2) is 43.7 Å². The van der Waals surface area contributed by atoms with Crippen molar-refractivity contribution in [3.8, 4) is 6.07 Å². The summed E-state index contributed by atoms with van der Waals surface area (Å²) in [4.78, 5) is 4.56. The molecule has 0 aliphatic carbocycles. The van der Waals surface area contributed by atoms with E-state index in [-0.39, 0.29) is 0 Å². The summed E-state index contributed by atoms with van der Waals surface area (Å²) in [5.41, 5.74) is 2.51. The molecule has 1 atom stereocenters. The average molecular weight is 287 g/mol. The van der Waals surface area contributed by atoms with Crippen molar-refractivity contribution in [1.82, 2.24) is 4.90 Å². The Bertz CT molecular complexity index is 513. The van der Waals surface area contributed by atoms with Crippen molar-refractivity contribution in [1.29, 1.82) is 5.26 Å². The van der Waals surface area contributed by atoms with Gasteiger partial charge in [-0.25, -0.2) is 0 Å². The summed E-state index contributed by atoms with van der Waals surface area (Å²) >= 11 is 0. The molecule has 0 amide bonds. The van der Waals surface area contributed by atoms with Crippen LogP contribution in [0.25, 0.3) is 0 Å². The predicted octanol–water partition coefficient (Wildman–Crippen LogP) is 2.39. The van der Waals surface area contributed by atoms with Crippen molar-refractivity contribution >= 4 is 5.69 Å². The molecule has 1 aromatic carbocycles. The van der Waals surface area contributed by atoms with Crippen LogP contribution >= 0.6 is 0 Å². The maximum absolute atomic E-state index is 9.94. The molecule has 0 bridgehead atoms. The van der Waals surface area contributed by atoms with Crippen molar-refractivity contribution in [3.63, 3.8) is 0 Å². The third-order valence-corrected chi connectivity index (χ3v) is 4.39. The highest BCUT2D eigenvalue weighted by Crippen LogP contribution is 2.28. The SMILES string of the molecule is CC(O)c1ccc(C#N)cc1N(C)CC1CCN(C)CC1. The van der Waals surface area contributed by atoms with Crippen molar-refractivity contribution in [2.24, 2.45) is 5.92 Å². The lowest BCUT2D eigenvalue weighted by Crippen LogP contribution is -2.36. The zero-order chi connectivity index (χ0) is 15.4. The van der Waals surface area contributed by atoms with Crippen molar-refractivity contribution in [3.05, 3.63) is 29.3 Å². The Morgan fingerprint density at radius 3 is 2.67 bits per heavy atom. The van der Waals surface area contributed by atoms with E-state index in [0.29, 0.717) is 11.5 Å². The lowest BCUT2D eigenvalue weighted by Gasteiger charge is -2.33. The fourth-order valence-corrected chi connectivity index (χ4v) is 3.03. The van der Waals surface area contributed by atoms with Crippen LogP contribution in [0.1, 0.15) is 37.0 Å². The Morgan fingerprint density at radius 2 is 2.10 bits per heavy atom. The molecule has 1 aliphatic heterocycles. The van der Waals surface area contributed by atoms with Gasteiger partial charge in [-0.15, -0.1) is 0 Å². The quantitative estimate of drug-likeness (QED) is 0.924. The van der Waals surface area contributed by atoms with Gasteiger partial charge in [0, 0.05) is 24.8 Å². The van der Waals surface area contributed by atoms with Gasteiger partial charge in [-0.1, -0.05) is 6.07 Å². The molecule has 0 radical (unpaired) electrons. The minimum Gasteiger partial charge on any atom is -0.389 e. The Hall–Kier alpha value is -1.57. The molecule has 1 heterocycles. The standard InChI is InChI=1S/C17H25N3O/c1-13(21)16-5-4-15(11-18)10-17(16)20(3)12-14-6-8-19(2)9-7-14/h4-5,10,13-14,21H,6-9,12H2,1-3H3. The van der Waals surface area contributed by atoms with E-state index < -0.39 is 6.10 Å². The van der Waals surface area contributed by atoms with Gasteiger partial charge in [0.05, 0.1) is 17.7 Å². The smallest absolute Gasteiger partial charge is 0.0992 e. The van der Waals surface area contributed by atoms with E-state index in [4.69, 9.17) is 5.26 Å². The van der Waals surface area contributed by atoms with Gasteiger partial charge in [-0.2, -0.15) is 5.26 Å². The van der Waals surface area contributed by atoms with Gasteiger partial charge in [0.1, 0.15) is 0 Å². The van der Waals surface area contributed by atoms with Crippen LogP contribution in [0.15, 0.2) is 18.2 Å². The maximum atomic E-state index is 9.94. The second-order valence-electron chi connectivity index (χ2n) is 6.19. The molecular formula is C17H25N3O. The molecule has 0 saturated carbocycles. The average Bonchev–Trinajstić information content (AvgIpc) is 2.48. The molecule has 0 aromatic heterocycles. The number of piperidine rings is 1. The second-order valence-corrected chi connectivity index (χ2v) is 6.19. The molecule has 4 nitrogen and oxygen atoms in total. The number of aliphatic hydroxyl groups is 1. The first-order chi connectivity index (χ1) is 10.0. The third kappa shape index (κ3) is 3.96. The number of hydrogen-bond acceptors (Lipinski definition) is 4. The molecule has 4 heteroatoms. The van der Waals surface area contributed by atoms with Crippen molar-refractivity contribution in [2.45, 2.75) is 25.9 Å². The Morgan fingerprint density at radius 1 is 1.43 bits per heavy atom. The van der Waals surface area contributed by atoms with Crippen LogP contribution in [0.2, 0.25) is 0 Å². The van der Waals surface area contributed by atoms with E-state index >= 15 is 0 Å². The summed E-state index contributed by atoms with van der Waals surface area (Å²) in [7, 11) is 4.22. The highest BCUT2D eigenvalue weighted by atomic mass is 16.3. The maximum Gasteiger partial charge on any atom is 0.0992 e. The lowest BCUT2D eigenvalue weighted by molar-refractivity contribution is 0.199. The Kier molecular flexibility index (Phi) is 5.22. The summed E-state index contributed by atoms with van der Waals surface area (Å²) in [5, 5.41) is 19.0. The fraction of sp³-hybridized carbons (Fsp3) is 0.588. The number of hydrogen-bond donors (Lipinski definition) is 1. The largest absolute Gasteiger partial charge is 0.389 e. The van der Waals surface area contributed by atoms with Gasteiger partial charge in [-0.05, 0) is 58.0 Å². The number of aliphatic hydroxyl groups excluding tert-OH is 1. The summed E-state index contributed by atoms with van der Waals surface area (Å²) in [5.74, 6) is 0.679. The van der Waals surface area contributed by atoms with Gasteiger partial charge in [-0.3, -0.25) is 0 Å². The highest BCUT2D eigenvalue weighted by Gasteiger charge is 2.20. The van der Waals surface area contributed by atoms with Crippen LogP contribution < -0.4 is 4.90 Å². The molecule has 114 valence electrons. The second kappa shape index (κ2) is 6.93. The fourth-order valence-electron chi connectivity index (χ4n) is 3.03. The first-order valence-electron chi connectivity index (χ1n) is 7.63. The number of likely N-dealkylation sites (tertiary alicyclic amines) is 1. The first-order valence-corrected chi connectivity index (χ1v) is 7.63. The van der Waals surface area contributed by atoms with Crippen molar-refractivity contribution < 1.29 is 5.11 Å². The monoisotopic (exact) mass is 287 g/mol. The molecule has 2 rings (SSSR count). The molecule has 21 heavy (non-hydrogen) atoms. The number of rotatable bonds is 4. The number of benzene rings is 1. The zero-order valence-electron chi connectivity index (χ0n) is 13.2. The molecule has 1 fully saturated rings. The summed E-state index contributed by atoms with van der Waals surface area (Å²) in [6.45, 7) is 5.05. The highest BCUT2D eigenvalue weighted by molar-refractivity contribution is 5.58. The minimum absolute atomic E-state index is 0.521. The van der Waals surface area contributed by atoms with Crippen LogP contribution in [0.3, 0.4) is 0 Å². The normalized spacial score (nSPS) is 18.2. The van der Waals surface area contributed by atoms with E-state index in [1.54, 1.807) is 13.0 Å². The Balaban J connectivity index is 2.14. The van der Waals surface area contributed by atoms with Gasteiger partial charge >= 0.3 is 0 Å². The van der Waals surface area contributed by atoms with Gasteiger partial charge in [0.25, 0.3) is 0 Å². The first kappa shape index (κ1) is 15.8. The van der Waals surface area contributed by atoms with Gasteiger partial charge in [0.15, 0.2) is 0 Å². The molecule has 1 unspecified atom stereocenters. The molecular weight excluding hydrogens is 262 g/mol. The van der Waals surface area contributed by atoms with Gasteiger partial charge in [0.2, 0.25) is 0 Å². The molecule has 1 aromatic rings.